The molecule has 0 spiro atoms. The SMILES string of the molecule is CCC(=O)CCCCC[C@@H]1NC(=O)[C@H]2CCCCN2C(=O)[C@H]([C@@H](C)CC)NC(=O)[C@H](CC(=O)OC)NC1=O. The molecular formula is C27H44N4O7. The highest BCUT2D eigenvalue weighted by Gasteiger charge is 2.41. The summed E-state index contributed by atoms with van der Waals surface area (Å²) >= 11 is 0. The highest BCUT2D eigenvalue weighted by molar-refractivity contribution is 5.98. The molecule has 5 atom stereocenters. The monoisotopic (exact) mass is 536 g/mol. The molecule has 2 aliphatic heterocycles. The van der Waals surface area contributed by atoms with Crippen molar-refractivity contribution in [1.29, 1.82) is 0 Å². The summed E-state index contributed by atoms with van der Waals surface area (Å²) in [5.74, 6) is -2.73. The molecular weight excluding hydrogens is 492 g/mol. The van der Waals surface area contributed by atoms with Gasteiger partial charge in [-0.3, -0.25) is 28.8 Å². The van der Waals surface area contributed by atoms with Gasteiger partial charge in [0, 0.05) is 19.4 Å². The highest BCUT2D eigenvalue weighted by Crippen LogP contribution is 2.22. The minimum atomic E-state index is -1.27. The zero-order valence-corrected chi connectivity index (χ0v) is 23.2. The topological polar surface area (TPSA) is 151 Å². The van der Waals surface area contributed by atoms with E-state index in [2.05, 4.69) is 16.0 Å². The third kappa shape index (κ3) is 8.80. The van der Waals surface area contributed by atoms with E-state index in [4.69, 9.17) is 4.74 Å². The number of fused-ring (bicyclic) bond motifs is 1. The number of methoxy groups -OCH3 is 1. The van der Waals surface area contributed by atoms with Gasteiger partial charge >= 0.3 is 5.97 Å². The Labute approximate surface area is 225 Å². The van der Waals surface area contributed by atoms with Gasteiger partial charge in [0.2, 0.25) is 23.6 Å². The van der Waals surface area contributed by atoms with Crippen LogP contribution in [0.2, 0.25) is 0 Å². The van der Waals surface area contributed by atoms with Gasteiger partial charge in [0.15, 0.2) is 0 Å². The smallest absolute Gasteiger partial charge is 0.308 e. The number of esters is 1. The number of ether oxygens (including phenoxy) is 1. The van der Waals surface area contributed by atoms with Crippen LogP contribution in [0.15, 0.2) is 0 Å². The minimum absolute atomic E-state index is 0.177. The average molecular weight is 537 g/mol. The Morgan fingerprint density at radius 3 is 2.29 bits per heavy atom. The van der Waals surface area contributed by atoms with Gasteiger partial charge in [0.1, 0.15) is 30.0 Å². The fourth-order valence-electron chi connectivity index (χ4n) is 4.88. The van der Waals surface area contributed by atoms with E-state index in [0.29, 0.717) is 57.9 Å². The van der Waals surface area contributed by atoms with Crippen molar-refractivity contribution in [3.8, 4) is 0 Å². The molecule has 11 nitrogen and oxygen atoms in total. The molecule has 0 aromatic carbocycles. The molecule has 2 heterocycles. The minimum Gasteiger partial charge on any atom is -0.469 e. The van der Waals surface area contributed by atoms with Crippen LogP contribution in [0.5, 0.6) is 0 Å². The number of piperidine rings is 1. The van der Waals surface area contributed by atoms with E-state index in [-0.39, 0.29) is 17.6 Å². The van der Waals surface area contributed by atoms with Crippen molar-refractivity contribution in [3.05, 3.63) is 0 Å². The molecule has 214 valence electrons. The molecule has 2 fully saturated rings. The molecule has 2 rings (SSSR count). The lowest BCUT2D eigenvalue weighted by molar-refractivity contribution is -0.148. The van der Waals surface area contributed by atoms with Gasteiger partial charge in [0.25, 0.3) is 0 Å². The van der Waals surface area contributed by atoms with Crippen molar-refractivity contribution in [2.45, 2.75) is 116 Å². The van der Waals surface area contributed by atoms with E-state index in [0.717, 1.165) is 12.8 Å². The van der Waals surface area contributed by atoms with Crippen LogP contribution in [0.4, 0.5) is 0 Å². The van der Waals surface area contributed by atoms with Gasteiger partial charge in [-0.2, -0.15) is 0 Å². The first-order valence-corrected chi connectivity index (χ1v) is 13.9. The number of rotatable bonds is 11. The molecule has 0 saturated carbocycles. The standard InChI is InChI=1S/C27H44N4O7/c1-5-17(3)23-27(37)31-15-11-10-14-21(31)26(36)28-19(13-9-7-8-12-18(32)6-2)24(34)29-20(25(35)30-23)16-22(33)38-4/h17,19-21,23H,5-16H2,1-4H3,(H,28,36)(H,29,34)(H,30,35)/t17-,19-,20-,21+,23-/m0/s1. The number of ketones is 1. The van der Waals surface area contributed by atoms with Gasteiger partial charge in [-0.05, 0) is 38.0 Å². The first-order chi connectivity index (χ1) is 18.1. The van der Waals surface area contributed by atoms with Crippen LogP contribution in [0.1, 0.15) is 91.4 Å². The van der Waals surface area contributed by atoms with Crippen LogP contribution in [-0.4, -0.2) is 78.1 Å². The van der Waals surface area contributed by atoms with Crippen molar-refractivity contribution in [2.24, 2.45) is 5.92 Å². The fourth-order valence-corrected chi connectivity index (χ4v) is 4.88. The Balaban J connectivity index is 2.34. The summed E-state index contributed by atoms with van der Waals surface area (Å²) in [4.78, 5) is 78.9. The molecule has 2 saturated heterocycles. The molecule has 4 amide bonds. The number of nitrogens with one attached hydrogen (secondary N) is 3. The maximum absolute atomic E-state index is 13.7. The second-order valence-electron chi connectivity index (χ2n) is 10.3. The van der Waals surface area contributed by atoms with Gasteiger partial charge in [-0.15, -0.1) is 0 Å². The summed E-state index contributed by atoms with van der Waals surface area (Å²) in [6, 6.07) is -3.87. The quantitative estimate of drug-likeness (QED) is 0.266. The van der Waals surface area contributed by atoms with Crippen LogP contribution in [0.3, 0.4) is 0 Å². The van der Waals surface area contributed by atoms with Crippen molar-refractivity contribution >= 4 is 35.4 Å². The fraction of sp³-hybridized carbons (Fsp3) is 0.778. The number of hydrogen-bond donors (Lipinski definition) is 3. The summed E-state index contributed by atoms with van der Waals surface area (Å²) in [7, 11) is 1.19. The van der Waals surface area contributed by atoms with Crippen LogP contribution in [0, 0.1) is 5.92 Å². The Bertz CT molecular complexity index is 877. The molecule has 3 N–H and O–H groups in total. The molecule has 0 aliphatic carbocycles. The van der Waals surface area contributed by atoms with Crippen LogP contribution in [-0.2, 0) is 33.5 Å². The van der Waals surface area contributed by atoms with Crippen molar-refractivity contribution in [2.75, 3.05) is 13.7 Å². The third-order valence-corrected chi connectivity index (χ3v) is 7.57. The Hall–Kier alpha value is -2.98. The predicted octanol–water partition coefficient (Wildman–Crippen LogP) is 1.37. The Morgan fingerprint density at radius 1 is 0.947 bits per heavy atom. The van der Waals surface area contributed by atoms with Gasteiger partial charge in [0.05, 0.1) is 13.5 Å². The molecule has 0 aromatic rings. The average Bonchev–Trinajstić information content (AvgIpc) is 2.92. The summed E-state index contributed by atoms with van der Waals surface area (Å²) in [6.45, 7) is 5.94. The zero-order chi connectivity index (χ0) is 28.2. The van der Waals surface area contributed by atoms with E-state index >= 15 is 0 Å². The number of carbonyl (C=O) groups is 6. The third-order valence-electron chi connectivity index (χ3n) is 7.57. The van der Waals surface area contributed by atoms with E-state index in [1.807, 2.05) is 20.8 Å². The first-order valence-electron chi connectivity index (χ1n) is 13.9. The number of Topliss-reactive ketones (excluding diaryl/α,β-unsaturated/α-hetero) is 1. The van der Waals surface area contributed by atoms with Crippen molar-refractivity contribution in [1.82, 2.24) is 20.9 Å². The number of carbonyl (C=O) groups excluding carboxylic acids is 6. The molecule has 0 bridgehead atoms. The van der Waals surface area contributed by atoms with Crippen LogP contribution in [0.25, 0.3) is 0 Å². The van der Waals surface area contributed by atoms with Crippen molar-refractivity contribution in [3.63, 3.8) is 0 Å². The number of amides is 4. The maximum Gasteiger partial charge on any atom is 0.308 e. The van der Waals surface area contributed by atoms with E-state index in [1.165, 1.54) is 12.0 Å². The van der Waals surface area contributed by atoms with E-state index in [9.17, 15) is 28.8 Å². The molecule has 0 unspecified atom stereocenters. The first kappa shape index (κ1) is 31.2. The number of hydrogen-bond acceptors (Lipinski definition) is 7. The van der Waals surface area contributed by atoms with Crippen molar-refractivity contribution < 1.29 is 33.5 Å². The summed E-state index contributed by atoms with van der Waals surface area (Å²) in [5, 5.41) is 8.18. The summed E-state index contributed by atoms with van der Waals surface area (Å²) in [5.41, 5.74) is 0. The molecule has 2 aliphatic rings. The molecule has 11 heteroatoms. The second kappa shape index (κ2) is 15.4. The van der Waals surface area contributed by atoms with Gasteiger partial charge < -0.3 is 25.6 Å². The summed E-state index contributed by atoms with van der Waals surface area (Å²) < 4.78 is 4.72. The lowest BCUT2D eigenvalue weighted by Crippen LogP contribution is -2.64. The molecule has 38 heavy (non-hydrogen) atoms. The highest BCUT2D eigenvalue weighted by atomic mass is 16.5. The Morgan fingerprint density at radius 2 is 1.63 bits per heavy atom. The lowest BCUT2D eigenvalue weighted by atomic mass is 9.93. The maximum atomic E-state index is 13.7. The number of unbranched alkanes of at least 4 members (excludes halogenated alkanes) is 2. The summed E-state index contributed by atoms with van der Waals surface area (Å²) in [6.07, 6.45) is 5.37. The van der Waals surface area contributed by atoms with E-state index < -0.39 is 54.3 Å². The molecule has 0 radical (unpaired) electrons. The second-order valence-corrected chi connectivity index (χ2v) is 10.3. The Kier molecular flexibility index (Phi) is 12.7. The normalized spacial score (nSPS) is 25.6. The van der Waals surface area contributed by atoms with Gasteiger partial charge in [-0.25, -0.2) is 0 Å². The predicted molar refractivity (Wildman–Crippen MR) is 140 cm³/mol. The largest absolute Gasteiger partial charge is 0.469 e. The zero-order valence-electron chi connectivity index (χ0n) is 23.2. The van der Waals surface area contributed by atoms with Crippen LogP contribution < -0.4 is 16.0 Å². The van der Waals surface area contributed by atoms with Crippen LogP contribution >= 0.6 is 0 Å². The number of nitrogens with zero attached hydrogens (tertiary/aromatic N) is 1. The molecule has 0 aromatic heterocycles. The lowest BCUT2D eigenvalue weighted by Gasteiger charge is -2.39. The van der Waals surface area contributed by atoms with Gasteiger partial charge in [-0.1, -0.05) is 40.0 Å². The van der Waals surface area contributed by atoms with E-state index in [1.54, 1.807) is 0 Å².